The van der Waals surface area contributed by atoms with Gasteiger partial charge in [0.05, 0.1) is 0 Å². The molecule has 0 radical (unpaired) electrons. The highest BCUT2D eigenvalue weighted by Crippen LogP contribution is 2.33. The van der Waals surface area contributed by atoms with E-state index in [1.807, 2.05) is 0 Å². The van der Waals surface area contributed by atoms with Crippen LogP contribution in [0.25, 0.3) is 0 Å². The lowest BCUT2D eigenvalue weighted by atomic mass is 10.1. The number of alkyl halides is 3. The molecular weight excluding hydrogens is 273 g/mol. The van der Waals surface area contributed by atoms with E-state index in [0.717, 1.165) is 4.90 Å². The number of hydrogen-bond acceptors (Lipinski definition) is 2. The summed E-state index contributed by atoms with van der Waals surface area (Å²) in [5, 5.41) is 0. The number of aromatic nitrogens is 1. The summed E-state index contributed by atoms with van der Waals surface area (Å²) in [5.41, 5.74) is 0.381. The Hall–Kier alpha value is -1.79. The number of carbonyl (C=O) groups excluding carboxylic acids is 1. The zero-order valence-corrected chi connectivity index (χ0v) is 11.2. The number of aromatic amines is 1. The van der Waals surface area contributed by atoms with Gasteiger partial charge in [0.2, 0.25) is 0 Å². The van der Waals surface area contributed by atoms with Gasteiger partial charge in [0.25, 0.3) is 11.5 Å². The fourth-order valence-electron chi connectivity index (χ4n) is 2.39. The Morgan fingerprint density at radius 1 is 1.40 bits per heavy atom. The maximum atomic E-state index is 12.9. The molecule has 7 heteroatoms. The Labute approximate surface area is 113 Å². The molecule has 1 aliphatic rings. The molecule has 0 saturated carbocycles. The Bertz CT molecular complexity index is 592. The SMILES string of the molecule is Cc1cc(C(=O)N2CCC[C@@H]2C(F)(F)F)c(=O)[nH]c1C. The molecule has 1 aromatic heterocycles. The molecule has 1 aliphatic heterocycles. The van der Waals surface area contributed by atoms with Crippen LogP contribution in [0.2, 0.25) is 0 Å². The standard InChI is InChI=1S/C13H15F3N2O2/c1-7-6-9(11(19)17-8(7)2)12(20)18-5-3-4-10(18)13(14,15)16/h6,10H,3-5H2,1-2H3,(H,17,19)/t10-/m1/s1. The largest absolute Gasteiger partial charge is 0.408 e. The molecule has 0 unspecified atom stereocenters. The fourth-order valence-corrected chi connectivity index (χ4v) is 2.39. The summed E-state index contributed by atoms with van der Waals surface area (Å²) in [6, 6.07) is -0.446. The van der Waals surface area contributed by atoms with Gasteiger partial charge in [-0.05, 0) is 38.3 Å². The van der Waals surface area contributed by atoms with Crippen molar-refractivity contribution in [1.82, 2.24) is 9.88 Å². The van der Waals surface area contributed by atoms with Crippen molar-refractivity contribution in [3.05, 3.63) is 33.2 Å². The summed E-state index contributed by atoms with van der Waals surface area (Å²) in [5.74, 6) is -0.853. The van der Waals surface area contributed by atoms with E-state index < -0.39 is 23.7 Å². The highest BCUT2D eigenvalue weighted by Gasteiger charge is 2.48. The number of pyridine rings is 1. The van der Waals surface area contributed by atoms with Crippen LogP contribution in [0, 0.1) is 13.8 Å². The van der Waals surface area contributed by atoms with Crippen molar-refractivity contribution in [2.45, 2.75) is 38.9 Å². The Kier molecular flexibility index (Phi) is 3.62. The van der Waals surface area contributed by atoms with E-state index >= 15 is 0 Å². The smallest absolute Gasteiger partial charge is 0.326 e. The third kappa shape index (κ3) is 2.57. The van der Waals surface area contributed by atoms with Gasteiger partial charge in [-0.25, -0.2) is 0 Å². The van der Waals surface area contributed by atoms with E-state index in [9.17, 15) is 22.8 Å². The molecule has 0 bridgehead atoms. The second-order valence-electron chi connectivity index (χ2n) is 5.02. The Morgan fingerprint density at radius 2 is 2.05 bits per heavy atom. The Morgan fingerprint density at radius 3 is 2.65 bits per heavy atom. The molecule has 110 valence electrons. The molecule has 1 amide bonds. The van der Waals surface area contributed by atoms with Crippen molar-refractivity contribution in [2.75, 3.05) is 6.54 Å². The first-order valence-corrected chi connectivity index (χ1v) is 6.30. The van der Waals surface area contributed by atoms with Gasteiger partial charge in [0.15, 0.2) is 0 Å². The summed E-state index contributed by atoms with van der Waals surface area (Å²) in [6.45, 7) is 3.38. The van der Waals surface area contributed by atoms with E-state index in [1.165, 1.54) is 6.07 Å². The second kappa shape index (κ2) is 4.96. The molecule has 0 spiro atoms. The highest BCUT2D eigenvalue weighted by atomic mass is 19.4. The Balaban J connectivity index is 2.37. The molecule has 0 aliphatic carbocycles. The van der Waals surface area contributed by atoms with Crippen LogP contribution in [-0.2, 0) is 0 Å². The zero-order valence-electron chi connectivity index (χ0n) is 11.2. The maximum absolute atomic E-state index is 12.9. The van der Waals surface area contributed by atoms with Gasteiger partial charge in [0, 0.05) is 12.2 Å². The second-order valence-corrected chi connectivity index (χ2v) is 5.02. The van der Waals surface area contributed by atoms with Gasteiger partial charge < -0.3 is 9.88 Å². The van der Waals surface area contributed by atoms with E-state index in [4.69, 9.17) is 0 Å². The monoisotopic (exact) mass is 288 g/mol. The third-order valence-corrected chi connectivity index (χ3v) is 3.62. The van der Waals surface area contributed by atoms with E-state index in [0.29, 0.717) is 17.7 Å². The molecule has 20 heavy (non-hydrogen) atoms. The van der Waals surface area contributed by atoms with Crippen LogP contribution in [-0.4, -0.2) is 34.6 Å². The number of rotatable bonds is 1. The van der Waals surface area contributed by atoms with Crippen molar-refractivity contribution in [3.63, 3.8) is 0 Å². The van der Waals surface area contributed by atoms with Crippen molar-refractivity contribution in [2.24, 2.45) is 0 Å². The number of amides is 1. The minimum absolute atomic E-state index is 0.0232. The average molecular weight is 288 g/mol. The lowest BCUT2D eigenvalue weighted by Gasteiger charge is -2.26. The van der Waals surface area contributed by atoms with Crippen LogP contribution in [0.3, 0.4) is 0 Å². The highest BCUT2D eigenvalue weighted by molar-refractivity contribution is 5.94. The number of nitrogens with zero attached hydrogens (tertiary/aromatic N) is 1. The van der Waals surface area contributed by atoms with Gasteiger partial charge in [-0.2, -0.15) is 13.2 Å². The quantitative estimate of drug-likeness (QED) is 0.861. The van der Waals surface area contributed by atoms with Gasteiger partial charge in [-0.3, -0.25) is 9.59 Å². The molecule has 2 rings (SSSR count). The molecule has 1 atom stereocenters. The van der Waals surface area contributed by atoms with Crippen LogP contribution < -0.4 is 5.56 Å². The van der Waals surface area contributed by atoms with E-state index in [1.54, 1.807) is 13.8 Å². The summed E-state index contributed by atoms with van der Waals surface area (Å²) in [6.07, 6.45) is -4.28. The van der Waals surface area contributed by atoms with E-state index in [-0.39, 0.29) is 18.5 Å². The van der Waals surface area contributed by atoms with E-state index in [2.05, 4.69) is 4.98 Å². The van der Waals surface area contributed by atoms with Crippen LogP contribution in [0.5, 0.6) is 0 Å². The van der Waals surface area contributed by atoms with Crippen molar-refractivity contribution >= 4 is 5.91 Å². The number of nitrogens with one attached hydrogen (secondary N) is 1. The third-order valence-electron chi connectivity index (χ3n) is 3.62. The zero-order chi connectivity index (χ0) is 15.1. The van der Waals surface area contributed by atoms with Crippen LogP contribution in [0.15, 0.2) is 10.9 Å². The number of aryl methyl sites for hydroxylation is 2. The van der Waals surface area contributed by atoms with Gasteiger partial charge >= 0.3 is 6.18 Å². The van der Waals surface area contributed by atoms with Crippen LogP contribution in [0.1, 0.15) is 34.5 Å². The first kappa shape index (κ1) is 14.6. The fraction of sp³-hybridized carbons (Fsp3) is 0.538. The average Bonchev–Trinajstić information content (AvgIpc) is 2.81. The number of carbonyl (C=O) groups is 1. The maximum Gasteiger partial charge on any atom is 0.408 e. The summed E-state index contributed by atoms with van der Waals surface area (Å²) in [4.78, 5) is 27.2. The number of halogens is 3. The summed E-state index contributed by atoms with van der Waals surface area (Å²) < 4.78 is 38.6. The van der Waals surface area contributed by atoms with Gasteiger partial charge in [0.1, 0.15) is 11.6 Å². The number of likely N-dealkylation sites (tertiary alicyclic amines) is 1. The predicted molar refractivity (Wildman–Crippen MR) is 66.7 cm³/mol. The summed E-state index contributed by atoms with van der Waals surface area (Å²) in [7, 11) is 0. The van der Waals surface area contributed by atoms with Crippen LogP contribution in [0.4, 0.5) is 13.2 Å². The molecule has 0 aromatic carbocycles. The van der Waals surface area contributed by atoms with Crippen molar-refractivity contribution in [1.29, 1.82) is 0 Å². The van der Waals surface area contributed by atoms with Gasteiger partial charge in [-0.1, -0.05) is 0 Å². The molecule has 1 N–H and O–H groups in total. The molecular formula is C13H15F3N2O2. The topological polar surface area (TPSA) is 53.2 Å². The lowest BCUT2D eigenvalue weighted by Crippen LogP contribution is -2.45. The first-order valence-electron chi connectivity index (χ1n) is 6.30. The number of H-pyrrole nitrogens is 1. The van der Waals surface area contributed by atoms with Crippen LogP contribution >= 0.6 is 0 Å². The predicted octanol–water partition coefficient (Wildman–Crippen LogP) is 2.16. The molecule has 1 aromatic rings. The molecule has 1 fully saturated rings. The molecule has 4 nitrogen and oxygen atoms in total. The minimum Gasteiger partial charge on any atom is -0.326 e. The minimum atomic E-state index is -4.46. The molecule has 1 saturated heterocycles. The number of hydrogen-bond donors (Lipinski definition) is 1. The van der Waals surface area contributed by atoms with Crippen molar-refractivity contribution in [3.8, 4) is 0 Å². The summed E-state index contributed by atoms with van der Waals surface area (Å²) >= 11 is 0. The first-order chi connectivity index (χ1) is 9.21. The molecule has 2 heterocycles. The van der Waals surface area contributed by atoms with Crippen molar-refractivity contribution < 1.29 is 18.0 Å². The van der Waals surface area contributed by atoms with Gasteiger partial charge in [-0.15, -0.1) is 0 Å². The normalized spacial score (nSPS) is 19.4. The lowest BCUT2D eigenvalue weighted by molar-refractivity contribution is -0.169.